The maximum Gasteiger partial charge on any atom is 0.191 e. The summed E-state index contributed by atoms with van der Waals surface area (Å²) in [5.74, 6) is 2.98. The van der Waals surface area contributed by atoms with Crippen molar-refractivity contribution in [2.45, 2.75) is 31.2 Å². The highest BCUT2D eigenvalue weighted by Crippen LogP contribution is 2.15. The number of halogens is 1. The number of hydrogen-bond acceptors (Lipinski definition) is 3. The fourth-order valence-corrected chi connectivity index (χ4v) is 3.12. The summed E-state index contributed by atoms with van der Waals surface area (Å²) in [5.41, 5.74) is 0. The second-order valence-corrected chi connectivity index (χ2v) is 6.63. The van der Waals surface area contributed by atoms with E-state index in [9.17, 15) is 0 Å². The van der Waals surface area contributed by atoms with Crippen LogP contribution in [0.15, 0.2) is 52.6 Å². The summed E-state index contributed by atoms with van der Waals surface area (Å²) in [7, 11) is 1.81. The smallest absolute Gasteiger partial charge is 0.191 e. The second-order valence-electron chi connectivity index (χ2n) is 5.46. The van der Waals surface area contributed by atoms with Crippen LogP contribution in [0.5, 0.6) is 0 Å². The van der Waals surface area contributed by atoms with Gasteiger partial charge >= 0.3 is 0 Å². The lowest BCUT2D eigenvalue weighted by Gasteiger charge is -2.12. The molecule has 5 nitrogen and oxygen atoms in total. The molecule has 0 aliphatic heterocycles. The monoisotopic (exact) mass is 473 g/mol. The molecule has 138 valence electrons. The fourth-order valence-electron chi connectivity index (χ4n) is 2.33. The average molecular weight is 473 g/mol. The number of hydrogen-bond donors (Lipinski definition) is 2. The third-order valence-electron chi connectivity index (χ3n) is 3.67. The zero-order valence-electron chi connectivity index (χ0n) is 14.9. The highest BCUT2D eigenvalue weighted by atomic mass is 127. The Balaban J connectivity index is 0.00000312. The van der Waals surface area contributed by atoms with Crippen molar-refractivity contribution in [3.05, 3.63) is 48.5 Å². The largest absolute Gasteiger partial charge is 0.356 e. The van der Waals surface area contributed by atoms with Gasteiger partial charge in [-0.3, -0.25) is 4.99 Å². The topological polar surface area (TPSA) is 54.2 Å². The number of guanidine groups is 1. The number of thioether (sulfide) groups is 1. The first kappa shape index (κ1) is 21.8. The van der Waals surface area contributed by atoms with E-state index in [0.29, 0.717) is 0 Å². The van der Waals surface area contributed by atoms with Crippen molar-refractivity contribution in [2.75, 3.05) is 25.9 Å². The highest BCUT2D eigenvalue weighted by Gasteiger charge is 1.99. The summed E-state index contributed by atoms with van der Waals surface area (Å²) < 4.78 is 2.19. The van der Waals surface area contributed by atoms with Crippen LogP contribution in [0.2, 0.25) is 0 Å². The number of nitrogens with one attached hydrogen (secondary N) is 2. The van der Waals surface area contributed by atoms with E-state index in [0.717, 1.165) is 50.0 Å². The summed E-state index contributed by atoms with van der Waals surface area (Å²) in [6.07, 6.45) is 6.13. The quantitative estimate of drug-likeness (QED) is 0.192. The standard InChI is InChI=1S/C18H27N5S.HI/c1-16-20-11-14-23(16)13-7-6-10-21-18(19-2)22-12-15-24-17-8-4-3-5-9-17;/h3-5,8-9,11,14H,6-7,10,12-13,15H2,1-2H3,(H2,19,21,22);1H. The van der Waals surface area contributed by atoms with Crippen LogP contribution in [0.4, 0.5) is 0 Å². The van der Waals surface area contributed by atoms with Gasteiger partial charge in [0.2, 0.25) is 0 Å². The molecule has 0 atom stereocenters. The molecule has 0 radical (unpaired) electrons. The number of aryl methyl sites for hydroxylation is 2. The molecule has 2 rings (SSSR count). The maximum atomic E-state index is 4.26. The summed E-state index contributed by atoms with van der Waals surface area (Å²) in [4.78, 5) is 9.80. The predicted octanol–water partition coefficient (Wildman–Crippen LogP) is 3.55. The van der Waals surface area contributed by atoms with Gasteiger partial charge in [-0.05, 0) is 31.9 Å². The first-order chi connectivity index (χ1) is 11.8. The van der Waals surface area contributed by atoms with E-state index in [2.05, 4.69) is 49.4 Å². The minimum absolute atomic E-state index is 0. The molecule has 0 bridgehead atoms. The van der Waals surface area contributed by atoms with Gasteiger partial charge < -0.3 is 15.2 Å². The first-order valence-corrected chi connectivity index (χ1v) is 9.38. The van der Waals surface area contributed by atoms with Gasteiger partial charge in [0.05, 0.1) is 0 Å². The SMILES string of the molecule is CN=C(NCCCCn1ccnc1C)NCCSc1ccccc1.I. The van der Waals surface area contributed by atoms with Gasteiger partial charge in [0.1, 0.15) is 5.82 Å². The molecule has 0 fully saturated rings. The van der Waals surface area contributed by atoms with Crippen LogP contribution in [0.1, 0.15) is 18.7 Å². The van der Waals surface area contributed by atoms with Crippen molar-refractivity contribution < 1.29 is 0 Å². The van der Waals surface area contributed by atoms with Crippen molar-refractivity contribution in [2.24, 2.45) is 4.99 Å². The number of aromatic nitrogens is 2. The third kappa shape index (κ3) is 8.62. The minimum Gasteiger partial charge on any atom is -0.356 e. The molecule has 0 unspecified atom stereocenters. The Morgan fingerprint density at radius 3 is 2.60 bits per heavy atom. The van der Waals surface area contributed by atoms with Gasteiger partial charge in [0.15, 0.2) is 5.96 Å². The van der Waals surface area contributed by atoms with Crippen LogP contribution >= 0.6 is 35.7 Å². The Morgan fingerprint density at radius 2 is 1.92 bits per heavy atom. The molecule has 0 aliphatic rings. The second kappa shape index (κ2) is 13.0. The summed E-state index contributed by atoms with van der Waals surface area (Å²) in [5, 5.41) is 6.72. The van der Waals surface area contributed by atoms with Gasteiger partial charge in [-0.1, -0.05) is 18.2 Å². The molecule has 2 aromatic rings. The van der Waals surface area contributed by atoms with Crippen molar-refractivity contribution >= 4 is 41.7 Å². The molecule has 0 saturated carbocycles. The molecule has 25 heavy (non-hydrogen) atoms. The first-order valence-electron chi connectivity index (χ1n) is 8.39. The van der Waals surface area contributed by atoms with E-state index in [1.165, 1.54) is 4.90 Å². The lowest BCUT2D eigenvalue weighted by Crippen LogP contribution is -2.38. The van der Waals surface area contributed by atoms with Crippen LogP contribution in [0.3, 0.4) is 0 Å². The third-order valence-corrected chi connectivity index (χ3v) is 4.69. The molecule has 1 aromatic heterocycles. The fraction of sp³-hybridized carbons (Fsp3) is 0.444. The van der Waals surface area contributed by atoms with E-state index in [4.69, 9.17) is 0 Å². The summed E-state index contributed by atoms with van der Waals surface area (Å²) in [6.45, 7) is 4.89. The van der Waals surface area contributed by atoms with Crippen molar-refractivity contribution in [3.63, 3.8) is 0 Å². The molecule has 1 heterocycles. The van der Waals surface area contributed by atoms with E-state index in [1.807, 2.05) is 44.2 Å². The molecule has 2 N–H and O–H groups in total. The molecular formula is C18H28IN5S. The lowest BCUT2D eigenvalue weighted by atomic mass is 10.3. The van der Waals surface area contributed by atoms with Crippen molar-refractivity contribution in [1.82, 2.24) is 20.2 Å². The van der Waals surface area contributed by atoms with E-state index < -0.39 is 0 Å². The van der Waals surface area contributed by atoms with Crippen molar-refractivity contribution in [3.8, 4) is 0 Å². The summed E-state index contributed by atoms with van der Waals surface area (Å²) >= 11 is 1.85. The molecule has 0 aliphatic carbocycles. The number of imidazole rings is 1. The number of nitrogens with zero attached hydrogens (tertiary/aromatic N) is 3. The maximum absolute atomic E-state index is 4.26. The molecule has 7 heteroatoms. The number of unbranched alkanes of at least 4 members (excludes halogenated alkanes) is 1. The highest BCUT2D eigenvalue weighted by molar-refractivity contribution is 14.0. The van der Waals surface area contributed by atoms with Gasteiger partial charge in [0.25, 0.3) is 0 Å². The minimum atomic E-state index is 0. The molecule has 0 spiro atoms. The predicted molar refractivity (Wildman–Crippen MR) is 118 cm³/mol. The normalized spacial score (nSPS) is 11.0. The molecule has 0 amide bonds. The van der Waals surface area contributed by atoms with Crippen molar-refractivity contribution in [1.29, 1.82) is 0 Å². The molecular weight excluding hydrogens is 445 g/mol. The lowest BCUT2D eigenvalue weighted by molar-refractivity contribution is 0.588. The van der Waals surface area contributed by atoms with Gasteiger partial charge in [-0.2, -0.15) is 0 Å². The van der Waals surface area contributed by atoms with Gasteiger partial charge in [0, 0.05) is 49.7 Å². The van der Waals surface area contributed by atoms with Crippen LogP contribution in [0.25, 0.3) is 0 Å². The average Bonchev–Trinajstić information content (AvgIpc) is 3.02. The number of rotatable bonds is 9. The van der Waals surface area contributed by atoms with E-state index in [1.54, 1.807) is 0 Å². The Hall–Kier alpha value is -1.22. The van der Waals surface area contributed by atoms with Crippen LogP contribution in [0, 0.1) is 6.92 Å². The number of aliphatic imine (C=N–C) groups is 1. The van der Waals surface area contributed by atoms with Gasteiger partial charge in [-0.15, -0.1) is 35.7 Å². The zero-order valence-corrected chi connectivity index (χ0v) is 18.1. The van der Waals surface area contributed by atoms with Crippen LogP contribution in [-0.4, -0.2) is 41.4 Å². The van der Waals surface area contributed by atoms with Crippen LogP contribution < -0.4 is 10.6 Å². The Morgan fingerprint density at radius 1 is 1.16 bits per heavy atom. The van der Waals surface area contributed by atoms with Gasteiger partial charge in [-0.25, -0.2) is 4.98 Å². The molecule has 1 aromatic carbocycles. The summed E-state index contributed by atoms with van der Waals surface area (Å²) in [6, 6.07) is 10.5. The van der Waals surface area contributed by atoms with E-state index >= 15 is 0 Å². The Kier molecular flexibility index (Phi) is 11.4. The Bertz CT molecular complexity index is 615. The van der Waals surface area contributed by atoms with E-state index in [-0.39, 0.29) is 24.0 Å². The molecule has 0 saturated heterocycles. The zero-order chi connectivity index (χ0) is 17.0. The Labute approximate surface area is 172 Å². The number of benzene rings is 1. The van der Waals surface area contributed by atoms with Crippen LogP contribution in [-0.2, 0) is 6.54 Å².